The SMILES string of the molecule is COc1cc([C@@H](O[Si](C)(C)C(C)(C)C)C(C)CO)ccc1OCc1ccccc1. The smallest absolute Gasteiger partial charge is 0.192 e. The number of hydrogen-bond donors (Lipinski definition) is 1. The predicted molar refractivity (Wildman–Crippen MR) is 121 cm³/mol. The van der Waals surface area contributed by atoms with E-state index in [-0.39, 0.29) is 23.7 Å². The molecule has 0 aromatic heterocycles. The Labute approximate surface area is 177 Å². The molecule has 0 spiro atoms. The summed E-state index contributed by atoms with van der Waals surface area (Å²) in [6.07, 6.45) is -0.196. The molecule has 160 valence electrons. The highest BCUT2D eigenvalue weighted by Gasteiger charge is 2.40. The fourth-order valence-corrected chi connectivity index (χ4v) is 4.18. The molecular formula is C24H36O4Si. The van der Waals surface area contributed by atoms with Crippen molar-refractivity contribution in [3.05, 3.63) is 59.7 Å². The van der Waals surface area contributed by atoms with Gasteiger partial charge < -0.3 is 19.0 Å². The van der Waals surface area contributed by atoms with Crippen molar-refractivity contribution in [2.75, 3.05) is 13.7 Å². The fourth-order valence-electron chi connectivity index (χ4n) is 2.82. The summed E-state index contributed by atoms with van der Waals surface area (Å²) in [5.41, 5.74) is 2.10. The van der Waals surface area contributed by atoms with Gasteiger partial charge in [0.2, 0.25) is 0 Å². The van der Waals surface area contributed by atoms with E-state index in [1.54, 1.807) is 7.11 Å². The van der Waals surface area contributed by atoms with Gasteiger partial charge in [0.15, 0.2) is 19.8 Å². The molecule has 0 fully saturated rings. The summed E-state index contributed by atoms with van der Waals surface area (Å²) in [6.45, 7) is 13.7. The number of aliphatic hydroxyl groups is 1. The van der Waals surface area contributed by atoms with Crippen LogP contribution >= 0.6 is 0 Å². The summed E-state index contributed by atoms with van der Waals surface area (Å²) in [5.74, 6) is 1.35. The van der Waals surface area contributed by atoms with Crippen molar-refractivity contribution in [2.45, 2.75) is 58.5 Å². The van der Waals surface area contributed by atoms with Crippen LogP contribution in [-0.4, -0.2) is 27.1 Å². The first kappa shape index (κ1) is 23.5. The maximum Gasteiger partial charge on any atom is 0.192 e. The zero-order valence-corrected chi connectivity index (χ0v) is 19.9. The van der Waals surface area contributed by atoms with E-state index in [4.69, 9.17) is 13.9 Å². The standard InChI is InChI=1S/C24H36O4Si/c1-18(16-25)23(28-29(6,7)24(2,3)4)20-13-14-21(22(15-20)26-5)27-17-19-11-9-8-10-12-19/h8-15,18,23,25H,16-17H2,1-7H3/t18?,23-/m0/s1. The van der Waals surface area contributed by atoms with Gasteiger partial charge in [-0.25, -0.2) is 0 Å². The van der Waals surface area contributed by atoms with E-state index in [1.807, 2.05) is 55.5 Å². The molecule has 0 bridgehead atoms. The van der Waals surface area contributed by atoms with Gasteiger partial charge in [0, 0.05) is 12.5 Å². The average Bonchev–Trinajstić information content (AvgIpc) is 2.69. The lowest BCUT2D eigenvalue weighted by atomic mass is 9.98. The molecule has 0 aliphatic heterocycles. The highest BCUT2D eigenvalue weighted by molar-refractivity contribution is 6.74. The highest BCUT2D eigenvalue weighted by Crippen LogP contribution is 2.42. The van der Waals surface area contributed by atoms with Gasteiger partial charge in [0.25, 0.3) is 0 Å². The second kappa shape index (κ2) is 9.79. The van der Waals surface area contributed by atoms with Crippen LogP contribution in [0.5, 0.6) is 11.5 Å². The minimum Gasteiger partial charge on any atom is -0.493 e. The highest BCUT2D eigenvalue weighted by atomic mass is 28.4. The minimum atomic E-state index is -2.01. The Morgan fingerprint density at radius 1 is 1.00 bits per heavy atom. The summed E-state index contributed by atoms with van der Waals surface area (Å²) in [7, 11) is -0.367. The minimum absolute atomic E-state index is 0.0232. The lowest BCUT2D eigenvalue weighted by molar-refractivity contribution is 0.0847. The van der Waals surface area contributed by atoms with Gasteiger partial charge in [-0.05, 0) is 41.4 Å². The lowest BCUT2D eigenvalue weighted by Crippen LogP contribution is -2.43. The van der Waals surface area contributed by atoms with Crippen LogP contribution in [0.25, 0.3) is 0 Å². The van der Waals surface area contributed by atoms with Crippen LogP contribution in [0.1, 0.15) is 44.9 Å². The van der Waals surface area contributed by atoms with Gasteiger partial charge in [-0.3, -0.25) is 0 Å². The first-order valence-corrected chi connectivity index (χ1v) is 13.1. The Kier molecular flexibility index (Phi) is 7.92. The van der Waals surface area contributed by atoms with Crippen molar-refractivity contribution in [2.24, 2.45) is 5.92 Å². The van der Waals surface area contributed by atoms with Crippen LogP contribution in [0.4, 0.5) is 0 Å². The molecule has 29 heavy (non-hydrogen) atoms. The molecule has 0 aliphatic rings. The van der Waals surface area contributed by atoms with Crippen LogP contribution in [0, 0.1) is 5.92 Å². The first-order chi connectivity index (χ1) is 13.6. The average molecular weight is 417 g/mol. The van der Waals surface area contributed by atoms with Crippen molar-refractivity contribution < 1.29 is 19.0 Å². The second-order valence-electron chi connectivity index (χ2n) is 9.14. The Hall–Kier alpha value is -1.82. The summed E-state index contributed by atoms with van der Waals surface area (Å²) >= 11 is 0. The second-order valence-corrected chi connectivity index (χ2v) is 13.9. The largest absolute Gasteiger partial charge is 0.493 e. The van der Waals surface area contributed by atoms with Crippen molar-refractivity contribution in [1.82, 2.24) is 0 Å². The molecule has 2 rings (SSSR count). The third kappa shape index (κ3) is 6.08. The molecule has 0 saturated carbocycles. The summed E-state index contributed by atoms with van der Waals surface area (Å²) in [4.78, 5) is 0. The van der Waals surface area contributed by atoms with Gasteiger partial charge in [-0.2, -0.15) is 0 Å². The lowest BCUT2D eigenvalue weighted by Gasteiger charge is -2.41. The number of hydrogen-bond acceptors (Lipinski definition) is 4. The van der Waals surface area contributed by atoms with E-state index in [0.717, 1.165) is 11.1 Å². The van der Waals surface area contributed by atoms with Gasteiger partial charge in [-0.1, -0.05) is 64.1 Å². The molecule has 0 saturated heterocycles. The summed E-state index contributed by atoms with van der Waals surface area (Å²) in [6, 6.07) is 16.0. The van der Waals surface area contributed by atoms with Crippen LogP contribution in [0.15, 0.2) is 48.5 Å². The fraction of sp³-hybridized carbons (Fsp3) is 0.500. The van der Waals surface area contributed by atoms with Gasteiger partial charge in [-0.15, -0.1) is 0 Å². The van der Waals surface area contributed by atoms with Crippen LogP contribution in [0.3, 0.4) is 0 Å². The molecule has 0 amide bonds. The topological polar surface area (TPSA) is 47.9 Å². The van der Waals surface area contributed by atoms with E-state index in [1.165, 1.54) is 0 Å². The number of methoxy groups -OCH3 is 1. The molecule has 0 heterocycles. The van der Waals surface area contributed by atoms with E-state index < -0.39 is 8.32 Å². The molecule has 0 aliphatic carbocycles. The van der Waals surface area contributed by atoms with Crippen LogP contribution in [-0.2, 0) is 11.0 Å². The van der Waals surface area contributed by atoms with Gasteiger partial charge >= 0.3 is 0 Å². The van der Waals surface area contributed by atoms with E-state index >= 15 is 0 Å². The molecule has 4 nitrogen and oxygen atoms in total. The molecule has 1 N–H and O–H groups in total. The number of aliphatic hydroxyl groups excluding tert-OH is 1. The van der Waals surface area contributed by atoms with Crippen LogP contribution in [0.2, 0.25) is 18.1 Å². The predicted octanol–water partition coefficient (Wildman–Crippen LogP) is 5.97. The molecule has 2 atom stereocenters. The Bertz CT molecular complexity index is 768. The van der Waals surface area contributed by atoms with E-state index in [0.29, 0.717) is 18.1 Å². The van der Waals surface area contributed by atoms with Crippen molar-refractivity contribution in [3.8, 4) is 11.5 Å². The monoisotopic (exact) mass is 416 g/mol. The van der Waals surface area contributed by atoms with Crippen LogP contribution < -0.4 is 9.47 Å². The van der Waals surface area contributed by atoms with E-state index in [9.17, 15) is 5.11 Å². The van der Waals surface area contributed by atoms with Crippen molar-refractivity contribution in [1.29, 1.82) is 0 Å². The summed E-state index contributed by atoms with van der Waals surface area (Å²) < 4.78 is 18.3. The third-order valence-corrected chi connectivity index (χ3v) is 10.2. The third-order valence-electron chi connectivity index (χ3n) is 5.79. The Morgan fingerprint density at radius 2 is 1.66 bits per heavy atom. The number of rotatable bonds is 9. The molecule has 0 radical (unpaired) electrons. The van der Waals surface area contributed by atoms with Crippen molar-refractivity contribution in [3.63, 3.8) is 0 Å². The molecular weight excluding hydrogens is 380 g/mol. The Morgan fingerprint density at radius 3 is 2.21 bits per heavy atom. The maximum atomic E-state index is 9.84. The van der Waals surface area contributed by atoms with E-state index in [2.05, 4.69) is 33.9 Å². The number of benzene rings is 2. The first-order valence-electron chi connectivity index (χ1n) is 10.2. The Balaban J connectivity index is 2.27. The zero-order chi connectivity index (χ0) is 21.7. The molecule has 2 aromatic rings. The normalized spacial score (nSPS) is 14.3. The number of ether oxygens (including phenoxy) is 2. The zero-order valence-electron chi connectivity index (χ0n) is 18.9. The molecule has 2 aromatic carbocycles. The molecule has 1 unspecified atom stereocenters. The molecule has 5 heteroatoms. The quantitative estimate of drug-likeness (QED) is 0.512. The maximum absolute atomic E-state index is 9.84. The van der Waals surface area contributed by atoms with Gasteiger partial charge in [0.05, 0.1) is 13.2 Å². The van der Waals surface area contributed by atoms with Gasteiger partial charge in [0.1, 0.15) is 6.61 Å². The summed E-state index contributed by atoms with van der Waals surface area (Å²) in [5, 5.41) is 9.92. The van der Waals surface area contributed by atoms with Crippen molar-refractivity contribution >= 4 is 8.32 Å².